The Bertz CT molecular complexity index is 561. The van der Waals surface area contributed by atoms with E-state index in [0.717, 1.165) is 19.4 Å². The first-order valence-electron chi connectivity index (χ1n) is 6.43. The minimum Gasteiger partial charge on any atom is -0.469 e. The molecule has 19 heavy (non-hydrogen) atoms. The number of furan rings is 1. The normalized spacial score (nSPS) is 19.6. The van der Waals surface area contributed by atoms with Gasteiger partial charge < -0.3 is 9.32 Å². The summed E-state index contributed by atoms with van der Waals surface area (Å²) in [5.41, 5.74) is 0.652. The van der Waals surface area contributed by atoms with Gasteiger partial charge in [-0.1, -0.05) is 0 Å². The molecule has 0 radical (unpaired) electrons. The third kappa shape index (κ3) is 2.25. The third-order valence-corrected chi connectivity index (χ3v) is 3.58. The van der Waals surface area contributed by atoms with Crippen LogP contribution in [0.3, 0.4) is 0 Å². The molecule has 0 bridgehead atoms. The molecule has 0 saturated carbocycles. The number of aryl methyl sites for hydroxylation is 1. The second-order valence-electron chi connectivity index (χ2n) is 4.81. The van der Waals surface area contributed by atoms with Crippen molar-refractivity contribution in [1.82, 2.24) is 19.7 Å². The summed E-state index contributed by atoms with van der Waals surface area (Å²) >= 11 is 0. The molecule has 3 rings (SSSR count). The second-order valence-corrected chi connectivity index (χ2v) is 4.81. The fourth-order valence-electron chi connectivity index (χ4n) is 2.54. The van der Waals surface area contributed by atoms with Crippen molar-refractivity contribution in [1.29, 1.82) is 0 Å². The highest BCUT2D eigenvalue weighted by Gasteiger charge is 2.27. The van der Waals surface area contributed by atoms with Gasteiger partial charge in [0.1, 0.15) is 18.4 Å². The maximum Gasteiger partial charge on any atom is 0.257 e. The zero-order valence-electron chi connectivity index (χ0n) is 10.8. The number of likely N-dealkylation sites (tertiary alicyclic amines) is 1. The Hall–Kier alpha value is -2.11. The predicted octanol–water partition coefficient (Wildman–Crippen LogP) is 1.66. The third-order valence-electron chi connectivity index (χ3n) is 3.58. The fraction of sp³-hybridized carbons (Fsp3) is 0.462. The molecule has 1 aliphatic heterocycles. The van der Waals surface area contributed by atoms with E-state index in [4.69, 9.17) is 4.42 Å². The summed E-state index contributed by atoms with van der Waals surface area (Å²) < 4.78 is 7.04. The van der Waals surface area contributed by atoms with Crippen molar-refractivity contribution in [3.8, 4) is 0 Å². The van der Waals surface area contributed by atoms with Crippen molar-refractivity contribution in [2.75, 3.05) is 13.1 Å². The first-order chi connectivity index (χ1) is 9.25. The lowest BCUT2D eigenvalue weighted by Crippen LogP contribution is -2.40. The van der Waals surface area contributed by atoms with Gasteiger partial charge in [-0.25, -0.2) is 9.67 Å². The summed E-state index contributed by atoms with van der Waals surface area (Å²) in [5.74, 6) is 0.712. The molecule has 6 nitrogen and oxygen atoms in total. The van der Waals surface area contributed by atoms with Crippen LogP contribution in [0.2, 0.25) is 0 Å². The summed E-state index contributed by atoms with van der Waals surface area (Å²) in [4.78, 5) is 18.3. The molecule has 100 valence electrons. The van der Waals surface area contributed by atoms with E-state index < -0.39 is 0 Å². The van der Waals surface area contributed by atoms with E-state index in [9.17, 15) is 4.79 Å². The van der Waals surface area contributed by atoms with Crippen LogP contribution in [0.4, 0.5) is 0 Å². The van der Waals surface area contributed by atoms with E-state index in [0.29, 0.717) is 17.9 Å². The van der Waals surface area contributed by atoms with Crippen LogP contribution in [0.5, 0.6) is 0 Å². The van der Waals surface area contributed by atoms with Gasteiger partial charge in [0.05, 0.1) is 17.9 Å². The summed E-state index contributed by atoms with van der Waals surface area (Å²) in [6, 6.07) is 1.95. The van der Waals surface area contributed by atoms with Crippen molar-refractivity contribution in [3.05, 3.63) is 36.3 Å². The van der Waals surface area contributed by atoms with Gasteiger partial charge in [-0.15, -0.1) is 0 Å². The molecule has 0 spiro atoms. The van der Waals surface area contributed by atoms with Crippen LogP contribution in [-0.4, -0.2) is 38.7 Å². The molecule has 0 aliphatic carbocycles. The highest BCUT2D eigenvalue weighted by Crippen LogP contribution is 2.22. The van der Waals surface area contributed by atoms with Crippen LogP contribution in [0.1, 0.15) is 35.0 Å². The van der Waals surface area contributed by atoms with Crippen molar-refractivity contribution in [3.63, 3.8) is 0 Å². The van der Waals surface area contributed by atoms with E-state index in [1.165, 1.54) is 6.33 Å². The zero-order valence-corrected chi connectivity index (χ0v) is 10.8. The Morgan fingerprint density at radius 3 is 3.11 bits per heavy atom. The van der Waals surface area contributed by atoms with Gasteiger partial charge in [-0.05, 0) is 25.8 Å². The molecule has 0 aromatic carbocycles. The number of nitrogens with zero attached hydrogens (tertiary/aromatic N) is 4. The van der Waals surface area contributed by atoms with Crippen LogP contribution in [0.15, 0.2) is 29.4 Å². The van der Waals surface area contributed by atoms with E-state index in [-0.39, 0.29) is 11.9 Å². The van der Waals surface area contributed by atoms with Crippen LogP contribution >= 0.6 is 0 Å². The van der Waals surface area contributed by atoms with Crippen LogP contribution < -0.4 is 0 Å². The maximum absolute atomic E-state index is 12.4. The molecule has 6 heteroatoms. The summed E-state index contributed by atoms with van der Waals surface area (Å²) in [6.07, 6.45) is 6.80. The topological polar surface area (TPSA) is 64.2 Å². The van der Waals surface area contributed by atoms with Crippen LogP contribution in [0, 0.1) is 6.92 Å². The molecule has 3 heterocycles. The molecule has 1 aliphatic rings. The first-order valence-corrected chi connectivity index (χ1v) is 6.43. The van der Waals surface area contributed by atoms with Crippen molar-refractivity contribution in [2.45, 2.75) is 25.8 Å². The van der Waals surface area contributed by atoms with Gasteiger partial charge >= 0.3 is 0 Å². The van der Waals surface area contributed by atoms with Gasteiger partial charge in [0, 0.05) is 13.1 Å². The second kappa shape index (κ2) is 4.87. The lowest BCUT2D eigenvalue weighted by atomic mass is 10.0. The van der Waals surface area contributed by atoms with Gasteiger partial charge in [0.15, 0.2) is 0 Å². The Morgan fingerprint density at radius 2 is 2.42 bits per heavy atom. The van der Waals surface area contributed by atoms with Gasteiger partial charge in [0.2, 0.25) is 0 Å². The molecule has 2 aromatic rings. The average molecular weight is 260 g/mol. The Kier molecular flexibility index (Phi) is 3.06. The SMILES string of the molecule is Cc1occc1C(=O)N1CCC[C@@H](n2cncn2)C1. The Balaban J connectivity index is 1.75. The lowest BCUT2D eigenvalue weighted by Gasteiger charge is -2.32. The fourth-order valence-corrected chi connectivity index (χ4v) is 2.54. The number of carbonyl (C=O) groups is 1. The molecule has 1 atom stereocenters. The van der Waals surface area contributed by atoms with Gasteiger partial charge in [-0.3, -0.25) is 4.79 Å². The standard InChI is InChI=1S/C13H16N4O2/c1-10-12(4-6-19-10)13(18)16-5-2-3-11(7-16)17-9-14-8-15-17/h4,6,8-9,11H,2-3,5,7H2,1H3/t11-/m1/s1. The highest BCUT2D eigenvalue weighted by molar-refractivity contribution is 5.95. The van der Waals surface area contributed by atoms with E-state index in [2.05, 4.69) is 10.1 Å². The number of rotatable bonds is 2. The summed E-state index contributed by atoms with van der Waals surface area (Å²) in [5, 5.41) is 4.16. The number of amides is 1. The Labute approximate surface area is 111 Å². The van der Waals surface area contributed by atoms with Gasteiger partial charge in [-0.2, -0.15) is 5.10 Å². The smallest absolute Gasteiger partial charge is 0.257 e. The minimum absolute atomic E-state index is 0.0380. The first kappa shape index (κ1) is 12.0. The van der Waals surface area contributed by atoms with Crippen molar-refractivity contribution < 1.29 is 9.21 Å². The molecule has 0 N–H and O–H groups in total. The molecular formula is C13H16N4O2. The summed E-state index contributed by atoms with van der Waals surface area (Å²) in [7, 11) is 0. The van der Waals surface area contributed by atoms with Crippen molar-refractivity contribution in [2.24, 2.45) is 0 Å². The van der Waals surface area contributed by atoms with Gasteiger partial charge in [0.25, 0.3) is 5.91 Å². The molecule has 0 unspecified atom stereocenters. The predicted molar refractivity (Wildman–Crippen MR) is 67.6 cm³/mol. The molecule has 1 saturated heterocycles. The zero-order chi connectivity index (χ0) is 13.2. The molecular weight excluding hydrogens is 244 g/mol. The largest absolute Gasteiger partial charge is 0.469 e. The average Bonchev–Trinajstić information content (AvgIpc) is 3.09. The number of hydrogen-bond donors (Lipinski definition) is 0. The minimum atomic E-state index is 0.0380. The van der Waals surface area contributed by atoms with E-state index in [1.54, 1.807) is 18.7 Å². The highest BCUT2D eigenvalue weighted by atomic mass is 16.3. The van der Waals surface area contributed by atoms with E-state index in [1.807, 2.05) is 16.5 Å². The summed E-state index contributed by atoms with van der Waals surface area (Å²) in [6.45, 7) is 3.27. The van der Waals surface area contributed by atoms with Crippen molar-refractivity contribution >= 4 is 5.91 Å². The van der Waals surface area contributed by atoms with Crippen LogP contribution in [0.25, 0.3) is 0 Å². The molecule has 1 amide bonds. The van der Waals surface area contributed by atoms with E-state index >= 15 is 0 Å². The number of aromatic nitrogens is 3. The number of hydrogen-bond acceptors (Lipinski definition) is 4. The Morgan fingerprint density at radius 1 is 1.53 bits per heavy atom. The number of carbonyl (C=O) groups excluding carboxylic acids is 1. The maximum atomic E-state index is 12.4. The van der Waals surface area contributed by atoms with Crippen LogP contribution in [-0.2, 0) is 0 Å². The molecule has 2 aromatic heterocycles. The lowest BCUT2D eigenvalue weighted by molar-refractivity contribution is 0.0671. The monoisotopic (exact) mass is 260 g/mol. The molecule has 1 fully saturated rings. The quantitative estimate of drug-likeness (QED) is 0.823. The number of piperidine rings is 1.